The van der Waals surface area contributed by atoms with Gasteiger partial charge in [-0.05, 0) is 30.5 Å². The number of esters is 1. The minimum absolute atomic E-state index is 0. The summed E-state index contributed by atoms with van der Waals surface area (Å²) in [5.74, 6) is 0.597. The van der Waals surface area contributed by atoms with E-state index in [-0.39, 0.29) is 30.6 Å². The Morgan fingerprint density at radius 2 is 1.82 bits per heavy atom. The molecular formula is C19H32Cl4N2O3. The topological polar surface area (TPSA) is 75.8 Å². The van der Waals surface area contributed by atoms with Crippen LogP contribution >= 0.6 is 48.0 Å². The summed E-state index contributed by atoms with van der Waals surface area (Å²) in [5, 5.41) is 10.1. The van der Waals surface area contributed by atoms with Crippen molar-refractivity contribution in [2.45, 2.75) is 45.1 Å². The Kier molecular flexibility index (Phi) is 18.3. The summed E-state index contributed by atoms with van der Waals surface area (Å²) in [4.78, 5) is 13.9. The second-order valence-corrected chi connectivity index (χ2v) is 6.98. The highest BCUT2D eigenvalue weighted by Crippen LogP contribution is 2.29. The van der Waals surface area contributed by atoms with Gasteiger partial charge in [-0.3, -0.25) is 4.79 Å². The number of carbonyl (C=O) groups excluding carboxylic acids is 1. The summed E-state index contributed by atoms with van der Waals surface area (Å²) in [7, 11) is 0. The molecular weight excluding hydrogens is 446 g/mol. The number of anilines is 1. The maximum Gasteiger partial charge on any atom is 0.323 e. The Morgan fingerprint density at radius 1 is 1.18 bits per heavy atom. The van der Waals surface area contributed by atoms with Crippen LogP contribution in [0.4, 0.5) is 5.69 Å². The molecule has 3 N–H and O–H groups in total. The van der Waals surface area contributed by atoms with Crippen LogP contribution < -0.4 is 10.6 Å². The first-order valence-electron chi connectivity index (χ1n) is 9.14. The van der Waals surface area contributed by atoms with Crippen molar-refractivity contribution in [1.29, 1.82) is 0 Å². The second-order valence-electron chi connectivity index (χ2n) is 6.23. The molecule has 1 atom stereocenters. The molecule has 9 heteroatoms. The molecule has 1 aromatic rings. The van der Waals surface area contributed by atoms with Gasteiger partial charge in [0.2, 0.25) is 0 Å². The Bertz CT molecular complexity index is 544. The van der Waals surface area contributed by atoms with E-state index in [1.54, 1.807) is 12.1 Å². The van der Waals surface area contributed by atoms with Gasteiger partial charge in [-0.1, -0.05) is 32.3 Å². The first-order valence-corrected chi connectivity index (χ1v) is 10.2. The van der Waals surface area contributed by atoms with Crippen molar-refractivity contribution in [3.05, 3.63) is 23.8 Å². The monoisotopic (exact) mass is 476 g/mol. The maximum absolute atomic E-state index is 12.0. The molecule has 1 aromatic carbocycles. The molecule has 1 rings (SSSR count). The van der Waals surface area contributed by atoms with Crippen LogP contribution in [0, 0.1) is 0 Å². The van der Waals surface area contributed by atoms with Crippen molar-refractivity contribution in [2.75, 3.05) is 36.4 Å². The van der Waals surface area contributed by atoms with E-state index in [9.17, 15) is 9.90 Å². The van der Waals surface area contributed by atoms with Crippen LogP contribution in [0.1, 0.15) is 38.2 Å². The molecule has 0 aliphatic carbocycles. The van der Waals surface area contributed by atoms with Crippen molar-refractivity contribution < 1.29 is 14.6 Å². The van der Waals surface area contributed by atoms with Crippen LogP contribution in [0.15, 0.2) is 18.2 Å². The number of phenols is 1. The third-order valence-corrected chi connectivity index (χ3v) is 4.43. The Balaban J connectivity index is 0. The van der Waals surface area contributed by atoms with Crippen LogP contribution in [0.3, 0.4) is 0 Å². The molecule has 0 fully saturated rings. The number of ether oxygens (including phenoxy) is 1. The number of phenolic OH excluding ortho intramolecular Hbond substituents is 1. The lowest BCUT2D eigenvalue weighted by Gasteiger charge is -2.24. The highest BCUT2D eigenvalue weighted by Gasteiger charge is 2.18. The molecule has 0 aliphatic rings. The number of hydrogen-bond acceptors (Lipinski definition) is 5. The number of hydrogen-bond donors (Lipinski definition) is 2. The zero-order valence-corrected chi connectivity index (χ0v) is 19.4. The van der Waals surface area contributed by atoms with Gasteiger partial charge in [-0.25, -0.2) is 0 Å². The summed E-state index contributed by atoms with van der Waals surface area (Å²) in [5.41, 5.74) is 7.47. The standard InChI is InChI=1S/C19H30Cl2N2O3.2ClH/c1-2-3-4-5-12-26-19(25)16(22)13-15-6-7-18(24)17(14-15)23(10-8-20)11-9-21;;/h6-7,14,16,24H,2-5,8-13,22H2,1H3;2*1H/t16-;;/m0../s1. The molecule has 28 heavy (non-hydrogen) atoms. The minimum Gasteiger partial charge on any atom is -0.506 e. The third kappa shape index (κ3) is 10.8. The minimum atomic E-state index is -0.729. The lowest BCUT2D eigenvalue weighted by Crippen LogP contribution is -2.34. The lowest BCUT2D eigenvalue weighted by molar-refractivity contribution is -0.145. The van der Waals surface area contributed by atoms with Gasteiger partial charge in [0.15, 0.2) is 0 Å². The van der Waals surface area contributed by atoms with E-state index in [2.05, 4.69) is 6.92 Å². The largest absolute Gasteiger partial charge is 0.506 e. The lowest BCUT2D eigenvalue weighted by atomic mass is 10.0. The summed E-state index contributed by atoms with van der Waals surface area (Å²) in [6.45, 7) is 3.68. The zero-order valence-electron chi connectivity index (χ0n) is 16.2. The van der Waals surface area contributed by atoms with E-state index in [4.69, 9.17) is 33.7 Å². The van der Waals surface area contributed by atoms with Crippen LogP contribution in [-0.4, -0.2) is 48.6 Å². The SMILES string of the molecule is CCCCCCOC(=O)[C@@H](N)Cc1ccc(O)c(N(CCCl)CCCl)c1.Cl.Cl. The van der Waals surface area contributed by atoms with Crippen molar-refractivity contribution in [2.24, 2.45) is 5.73 Å². The number of halogens is 4. The molecule has 0 aromatic heterocycles. The Hall–Kier alpha value is -0.590. The van der Waals surface area contributed by atoms with Gasteiger partial charge in [-0.15, -0.1) is 48.0 Å². The molecule has 0 heterocycles. The fourth-order valence-electron chi connectivity index (χ4n) is 2.65. The summed E-state index contributed by atoms with van der Waals surface area (Å²) in [6, 6.07) is 4.45. The number of alkyl halides is 2. The number of aromatic hydroxyl groups is 1. The van der Waals surface area contributed by atoms with E-state index < -0.39 is 12.0 Å². The van der Waals surface area contributed by atoms with Gasteiger partial charge in [0.25, 0.3) is 0 Å². The molecule has 0 saturated heterocycles. The van der Waals surface area contributed by atoms with Crippen LogP contribution in [0.25, 0.3) is 0 Å². The van der Waals surface area contributed by atoms with Crippen molar-refractivity contribution in [3.8, 4) is 5.75 Å². The van der Waals surface area contributed by atoms with Gasteiger partial charge in [0.05, 0.1) is 12.3 Å². The molecule has 0 amide bonds. The van der Waals surface area contributed by atoms with E-state index in [0.717, 1.165) is 31.2 Å². The predicted octanol–water partition coefficient (Wildman–Crippen LogP) is 4.51. The number of benzene rings is 1. The first kappa shape index (κ1) is 29.6. The molecule has 0 saturated carbocycles. The van der Waals surface area contributed by atoms with Crippen LogP contribution in [0.5, 0.6) is 5.75 Å². The quantitative estimate of drug-likeness (QED) is 0.248. The Morgan fingerprint density at radius 3 is 2.39 bits per heavy atom. The number of unbranched alkanes of at least 4 members (excludes halogenated alkanes) is 3. The van der Waals surface area contributed by atoms with Crippen molar-refractivity contribution in [1.82, 2.24) is 0 Å². The van der Waals surface area contributed by atoms with E-state index >= 15 is 0 Å². The highest BCUT2D eigenvalue weighted by atomic mass is 35.5. The molecule has 164 valence electrons. The van der Waals surface area contributed by atoms with Gasteiger partial charge >= 0.3 is 5.97 Å². The van der Waals surface area contributed by atoms with E-state index in [0.29, 0.717) is 43.6 Å². The fraction of sp³-hybridized carbons (Fsp3) is 0.632. The molecule has 0 aliphatic heterocycles. The smallest absolute Gasteiger partial charge is 0.323 e. The zero-order chi connectivity index (χ0) is 19.4. The summed E-state index contributed by atoms with van der Waals surface area (Å²) in [6.07, 6.45) is 4.54. The van der Waals surface area contributed by atoms with Gasteiger partial charge in [-0.2, -0.15) is 0 Å². The number of rotatable bonds is 13. The van der Waals surface area contributed by atoms with Crippen LogP contribution in [0.2, 0.25) is 0 Å². The van der Waals surface area contributed by atoms with Crippen LogP contribution in [-0.2, 0) is 16.0 Å². The average molecular weight is 478 g/mol. The molecule has 0 bridgehead atoms. The molecule has 0 radical (unpaired) electrons. The second kappa shape index (κ2) is 17.3. The highest BCUT2D eigenvalue weighted by molar-refractivity contribution is 6.18. The van der Waals surface area contributed by atoms with Crippen molar-refractivity contribution in [3.63, 3.8) is 0 Å². The van der Waals surface area contributed by atoms with Gasteiger partial charge in [0, 0.05) is 24.8 Å². The molecule has 0 spiro atoms. The maximum atomic E-state index is 12.0. The normalized spacial score (nSPS) is 11.1. The molecule has 5 nitrogen and oxygen atoms in total. The van der Waals surface area contributed by atoms with Gasteiger partial charge in [0.1, 0.15) is 11.8 Å². The summed E-state index contributed by atoms with van der Waals surface area (Å²) < 4.78 is 5.24. The van der Waals surface area contributed by atoms with E-state index in [1.807, 2.05) is 11.0 Å². The Labute approximate surface area is 190 Å². The predicted molar refractivity (Wildman–Crippen MR) is 123 cm³/mol. The van der Waals surface area contributed by atoms with E-state index in [1.165, 1.54) is 0 Å². The number of carbonyl (C=O) groups is 1. The van der Waals surface area contributed by atoms with Gasteiger partial charge < -0.3 is 20.5 Å². The number of nitrogens with zero attached hydrogens (tertiary/aromatic N) is 1. The summed E-state index contributed by atoms with van der Waals surface area (Å²) >= 11 is 11.7. The third-order valence-electron chi connectivity index (χ3n) is 4.09. The van der Waals surface area contributed by atoms with Crippen molar-refractivity contribution >= 4 is 59.7 Å². The fourth-order valence-corrected chi connectivity index (χ4v) is 3.06. The first-order chi connectivity index (χ1) is 12.5. The molecule has 0 unspecified atom stereocenters. The average Bonchev–Trinajstić information content (AvgIpc) is 2.62. The number of nitrogens with two attached hydrogens (primary N) is 1.